The van der Waals surface area contributed by atoms with Gasteiger partial charge in [-0.05, 0) is 51.0 Å². The maximum absolute atomic E-state index is 14.9. The van der Waals surface area contributed by atoms with E-state index in [0.29, 0.717) is 33.9 Å². The summed E-state index contributed by atoms with van der Waals surface area (Å²) in [6, 6.07) is 6.65. The summed E-state index contributed by atoms with van der Waals surface area (Å²) in [7, 11) is 1.89. The van der Waals surface area contributed by atoms with Gasteiger partial charge in [-0.3, -0.25) is 4.68 Å². The van der Waals surface area contributed by atoms with Crippen LogP contribution in [0.1, 0.15) is 47.5 Å². The summed E-state index contributed by atoms with van der Waals surface area (Å²) in [6.45, 7) is 4.42. The number of benzene rings is 1. The highest BCUT2D eigenvalue weighted by Gasteiger charge is 2.28. The number of hydrogen-bond donors (Lipinski definition) is 0. The van der Waals surface area contributed by atoms with Crippen molar-refractivity contribution in [2.45, 2.75) is 38.7 Å². The van der Waals surface area contributed by atoms with Crippen LogP contribution in [0.5, 0.6) is 0 Å². The Bertz CT molecular complexity index is 1320. The smallest absolute Gasteiger partial charge is 0.179 e. The highest BCUT2D eigenvalue weighted by molar-refractivity contribution is 6.30. The van der Waals surface area contributed by atoms with Crippen LogP contribution in [0, 0.1) is 19.7 Å². The third kappa shape index (κ3) is 3.87. The monoisotopic (exact) mass is 451 g/mol. The molecule has 0 spiro atoms. The van der Waals surface area contributed by atoms with Crippen LogP contribution in [-0.2, 0) is 11.8 Å². The van der Waals surface area contributed by atoms with Crippen molar-refractivity contribution < 1.29 is 9.13 Å². The molecule has 0 radical (unpaired) electrons. The van der Waals surface area contributed by atoms with Crippen molar-refractivity contribution in [3.8, 4) is 11.1 Å². The lowest BCUT2D eigenvalue weighted by Crippen LogP contribution is -2.19. The molecule has 0 N–H and O–H groups in total. The molecule has 1 aliphatic rings. The highest BCUT2D eigenvalue weighted by atomic mass is 35.5. The zero-order chi connectivity index (χ0) is 22.4. The number of hydrogen-bond acceptors (Lipinski definition) is 5. The Labute approximate surface area is 190 Å². The second-order valence-corrected chi connectivity index (χ2v) is 8.75. The van der Waals surface area contributed by atoms with Crippen molar-refractivity contribution in [2.75, 3.05) is 6.61 Å². The van der Waals surface area contributed by atoms with E-state index in [1.54, 1.807) is 16.8 Å². The summed E-state index contributed by atoms with van der Waals surface area (Å²) in [4.78, 5) is 14.3. The fraction of sp³-hybridized carbons (Fsp3) is 0.333. The Balaban J connectivity index is 1.62. The lowest BCUT2D eigenvalue weighted by Gasteiger charge is -2.29. The highest BCUT2D eigenvalue weighted by Crippen LogP contribution is 2.39. The number of aryl methyl sites for hydroxylation is 3. The van der Waals surface area contributed by atoms with Gasteiger partial charge in [0.1, 0.15) is 11.3 Å². The number of nitrogens with zero attached hydrogens (tertiary/aromatic N) is 5. The number of halogens is 2. The SMILES string of the molecule is Cc1nc2nc(C3CCOC(c4cnn(C)c4)C3)cc(-c3ccc(Cl)cc3F)c2nc1C. The van der Waals surface area contributed by atoms with Crippen LogP contribution < -0.4 is 0 Å². The van der Waals surface area contributed by atoms with Crippen molar-refractivity contribution in [3.05, 3.63) is 70.1 Å². The minimum atomic E-state index is -0.392. The zero-order valence-electron chi connectivity index (χ0n) is 18.1. The zero-order valence-corrected chi connectivity index (χ0v) is 18.9. The molecule has 0 bridgehead atoms. The molecule has 32 heavy (non-hydrogen) atoms. The number of fused-ring (bicyclic) bond motifs is 1. The average Bonchev–Trinajstić information content (AvgIpc) is 3.21. The summed E-state index contributed by atoms with van der Waals surface area (Å²) in [5.41, 5.74) is 5.77. The van der Waals surface area contributed by atoms with Gasteiger partial charge in [-0.2, -0.15) is 5.10 Å². The fourth-order valence-electron chi connectivity index (χ4n) is 4.25. The van der Waals surface area contributed by atoms with Gasteiger partial charge in [-0.1, -0.05) is 11.6 Å². The summed E-state index contributed by atoms with van der Waals surface area (Å²) in [6.07, 6.45) is 5.36. The molecule has 0 aliphatic carbocycles. The number of aromatic nitrogens is 5. The predicted molar refractivity (Wildman–Crippen MR) is 121 cm³/mol. The Hall–Kier alpha value is -2.90. The maximum Gasteiger partial charge on any atom is 0.179 e. The number of ether oxygens (including phenoxy) is 1. The first kappa shape index (κ1) is 21.0. The maximum atomic E-state index is 14.9. The molecule has 0 saturated carbocycles. The molecule has 2 unspecified atom stereocenters. The quantitative estimate of drug-likeness (QED) is 0.413. The normalized spacial score (nSPS) is 18.9. The van der Waals surface area contributed by atoms with E-state index in [1.165, 1.54) is 6.07 Å². The first-order valence-electron chi connectivity index (χ1n) is 10.6. The second kappa shape index (κ2) is 8.22. The van der Waals surface area contributed by atoms with E-state index in [9.17, 15) is 4.39 Å². The van der Waals surface area contributed by atoms with Crippen LogP contribution in [0.4, 0.5) is 4.39 Å². The lowest BCUT2D eigenvalue weighted by molar-refractivity contribution is 0.00465. The van der Waals surface area contributed by atoms with Crippen molar-refractivity contribution in [1.29, 1.82) is 0 Å². The molecule has 2 atom stereocenters. The van der Waals surface area contributed by atoms with Gasteiger partial charge < -0.3 is 4.74 Å². The van der Waals surface area contributed by atoms with Gasteiger partial charge in [0, 0.05) is 53.2 Å². The van der Waals surface area contributed by atoms with Gasteiger partial charge in [0.15, 0.2) is 5.65 Å². The molecule has 1 saturated heterocycles. The van der Waals surface area contributed by atoms with Crippen LogP contribution in [0.15, 0.2) is 36.7 Å². The summed E-state index contributed by atoms with van der Waals surface area (Å²) in [5.74, 6) is -0.243. The van der Waals surface area contributed by atoms with Crippen molar-refractivity contribution in [3.63, 3.8) is 0 Å². The Morgan fingerprint density at radius 2 is 1.91 bits per heavy atom. The Kier molecular flexibility index (Phi) is 5.39. The molecule has 1 aliphatic heterocycles. The molecule has 5 rings (SSSR count). The van der Waals surface area contributed by atoms with Crippen LogP contribution in [0.25, 0.3) is 22.3 Å². The van der Waals surface area contributed by atoms with Gasteiger partial charge in [-0.15, -0.1) is 0 Å². The fourth-order valence-corrected chi connectivity index (χ4v) is 4.41. The summed E-state index contributed by atoms with van der Waals surface area (Å²) < 4.78 is 22.7. The molecule has 1 fully saturated rings. The molecule has 164 valence electrons. The number of rotatable bonds is 3. The molecular formula is C24H23ClFN5O. The van der Waals surface area contributed by atoms with E-state index in [0.717, 1.165) is 35.5 Å². The number of pyridine rings is 1. The van der Waals surface area contributed by atoms with E-state index in [4.69, 9.17) is 26.3 Å². The molecular weight excluding hydrogens is 429 g/mol. The Morgan fingerprint density at radius 3 is 2.66 bits per heavy atom. The van der Waals surface area contributed by atoms with Gasteiger partial charge in [0.05, 0.1) is 23.7 Å². The molecule has 8 heteroatoms. The largest absolute Gasteiger partial charge is 0.373 e. The van der Waals surface area contributed by atoms with Gasteiger partial charge in [0.2, 0.25) is 0 Å². The van der Waals surface area contributed by atoms with Crippen LogP contribution in [0.3, 0.4) is 0 Å². The van der Waals surface area contributed by atoms with E-state index in [1.807, 2.05) is 39.4 Å². The van der Waals surface area contributed by atoms with Crippen LogP contribution in [0.2, 0.25) is 5.02 Å². The third-order valence-corrected chi connectivity index (χ3v) is 6.33. The molecule has 6 nitrogen and oxygen atoms in total. The summed E-state index contributed by atoms with van der Waals surface area (Å²) >= 11 is 6.00. The third-order valence-electron chi connectivity index (χ3n) is 6.09. The van der Waals surface area contributed by atoms with Crippen molar-refractivity contribution in [2.24, 2.45) is 7.05 Å². The second-order valence-electron chi connectivity index (χ2n) is 8.31. The van der Waals surface area contributed by atoms with Crippen molar-refractivity contribution in [1.82, 2.24) is 24.7 Å². The first-order valence-corrected chi connectivity index (χ1v) is 11.0. The minimum Gasteiger partial charge on any atom is -0.373 e. The van der Waals surface area contributed by atoms with E-state index >= 15 is 0 Å². The standard InChI is InChI=1S/C24H23ClFN5O/c1-13-14(2)29-24-23(28-13)19(18-5-4-17(25)9-20(18)26)10-21(30-24)15-6-7-32-22(8-15)16-11-27-31(3)12-16/h4-5,9-12,15,22H,6-8H2,1-3H3. The van der Waals surface area contributed by atoms with E-state index in [-0.39, 0.29) is 12.0 Å². The lowest BCUT2D eigenvalue weighted by atomic mass is 9.88. The van der Waals surface area contributed by atoms with E-state index < -0.39 is 5.82 Å². The molecule has 1 aromatic carbocycles. The molecule has 0 amide bonds. The minimum absolute atomic E-state index is 0.0542. The molecule has 4 heterocycles. The van der Waals surface area contributed by atoms with E-state index in [2.05, 4.69) is 10.1 Å². The topological polar surface area (TPSA) is 65.7 Å². The summed E-state index contributed by atoms with van der Waals surface area (Å²) in [5, 5.41) is 4.62. The van der Waals surface area contributed by atoms with Gasteiger partial charge >= 0.3 is 0 Å². The van der Waals surface area contributed by atoms with Gasteiger partial charge in [-0.25, -0.2) is 19.3 Å². The van der Waals surface area contributed by atoms with Crippen LogP contribution in [-0.4, -0.2) is 31.3 Å². The predicted octanol–water partition coefficient (Wildman–Crippen LogP) is 5.47. The first-order chi connectivity index (χ1) is 15.4. The van der Waals surface area contributed by atoms with Gasteiger partial charge in [0.25, 0.3) is 0 Å². The molecule has 3 aromatic heterocycles. The van der Waals surface area contributed by atoms with Crippen LogP contribution >= 0.6 is 11.6 Å². The average molecular weight is 452 g/mol. The van der Waals surface area contributed by atoms with Crippen molar-refractivity contribution >= 4 is 22.8 Å². The Morgan fingerprint density at radius 1 is 1.09 bits per heavy atom. The molecule has 4 aromatic rings.